The highest BCUT2D eigenvalue weighted by atomic mass is 32.2. The molecule has 2 aliphatic rings. The molecule has 13 heavy (non-hydrogen) atoms. The zero-order valence-corrected chi connectivity index (χ0v) is 8.31. The summed E-state index contributed by atoms with van der Waals surface area (Å²) >= 11 is 3.28. The summed E-state index contributed by atoms with van der Waals surface area (Å²) < 4.78 is 1.80. The maximum atomic E-state index is 4.04. The van der Waals surface area contributed by atoms with Crippen LogP contribution >= 0.6 is 23.7 Å². The number of hydrogen-bond donors (Lipinski definition) is 0. The lowest BCUT2D eigenvalue weighted by molar-refractivity contribution is 0.875. The SMILES string of the molecule is [CH]1CC=C2C=C1Sn1cc(nn1)S2. The van der Waals surface area contributed by atoms with Crippen molar-refractivity contribution in [2.45, 2.75) is 11.4 Å². The first kappa shape index (κ1) is 7.70. The molecular formula is C8H6N3S2. The molecule has 0 saturated carbocycles. The van der Waals surface area contributed by atoms with E-state index >= 15 is 0 Å². The minimum Gasteiger partial charge on any atom is -0.188 e. The molecule has 0 unspecified atom stereocenters. The van der Waals surface area contributed by atoms with Gasteiger partial charge in [-0.2, -0.15) is 4.09 Å². The Kier molecular flexibility index (Phi) is 1.73. The predicted molar refractivity (Wildman–Crippen MR) is 54.0 cm³/mol. The molecule has 1 radical (unpaired) electrons. The van der Waals surface area contributed by atoms with Gasteiger partial charge in [-0.3, -0.25) is 0 Å². The van der Waals surface area contributed by atoms with Crippen molar-refractivity contribution in [3.8, 4) is 0 Å². The molecule has 0 N–H and O–H groups in total. The molecule has 5 heteroatoms. The van der Waals surface area contributed by atoms with E-state index in [0.29, 0.717) is 0 Å². The lowest BCUT2D eigenvalue weighted by Crippen LogP contribution is -1.94. The topological polar surface area (TPSA) is 30.7 Å². The van der Waals surface area contributed by atoms with Gasteiger partial charge < -0.3 is 0 Å². The number of allylic oxidation sites excluding steroid dienone is 3. The molecule has 0 fully saturated rings. The van der Waals surface area contributed by atoms with Crippen LogP contribution in [0.3, 0.4) is 0 Å². The van der Waals surface area contributed by atoms with Gasteiger partial charge in [0.05, 0.1) is 6.20 Å². The zero-order chi connectivity index (χ0) is 8.67. The number of hydrogen-bond acceptors (Lipinski definition) is 4. The highest BCUT2D eigenvalue weighted by molar-refractivity contribution is 8.04. The first-order chi connectivity index (χ1) is 6.40. The number of aromatic nitrogens is 3. The van der Waals surface area contributed by atoms with E-state index in [-0.39, 0.29) is 0 Å². The fraction of sp³-hybridized carbons (Fsp3) is 0.125. The Labute approximate surface area is 84.4 Å². The summed E-state index contributed by atoms with van der Waals surface area (Å²) in [6, 6.07) is 0. The van der Waals surface area contributed by atoms with Crippen LogP contribution in [0.1, 0.15) is 6.42 Å². The minimum atomic E-state index is 0.968. The summed E-state index contributed by atoms with van der Waals surface area (Å²) in [5.41, 5.74) is 0. The van der Waals surface area contributed by atoms with Gasteiger partial charge in [0.2, 0.25) is 0 Å². The normalized spacial score (nSPS) is 20.0. The summed E-state index contributed by atoms with van der Waals surface area (Å²) in [6.45, 7) is 0. The molecule has 2 heterocycles. The molecule has 65 valence electrons. The van der Waals surface area contributed by atoms with Crippen LogP contribution in [0.4, 0.5) is 0 Å². The molecule has 3 rings (SSSR count). The summed E-state index contributed by atoms with van der Waals surface area (Å²) in [7, 11) is 0. The Morgan fingerprint density at radius 2 is 2.38 bits per heavy atom. The van der Waals surface area contributed by atoms with Crippen LogP contribution in [-0.4, -0.2) is 14.4 Å². The fourth-order valence-corrected chi connectivity index (χ4v) is 3.01. The predicted octanol–water partition coefficient (Wildman–Crippen LogP) is 2.26. The third-order valence-corrected chi connectivity index (χ3v) is 3.57. The van der Waals surface area contributed by atoms with E-state index < -0.39 is 0 Å². The van der Waals surface area contributed by atoms with Crippen molar-refractivity contribution in [2.75, 3.05) is 0 Å². The van der Waals surface area contributed by atoms with Gasteiger partial charge in [-0.05, 0) is 12.5 Å². The second-order valence-electron chi connectivity index (χ2n) is 2.75. The Bertz CT molecular complexity index is 405. The average Bonchev–Trinajstić information content (AvgIpc) is 2.52. The fourth-order valence-electron chi connectivity index (χ4n) is 1.24. The molecule has 0 aromatic carbocycles. The Morgan fingerprint density at radius 1 is 1.38 bits per heavy atom. The average molecular weight is 208 g/mol. The third-order valence-electron chi connectivity index (χ3n) is 1.80. The van der Waals surface area contributed by atoms with Crippen molar-refractivity contribution < 1.29 is 0 Å². The van der Waals surface area contributed by atoms with E-state index in [1.165, 1.54) is 9.81 Å². The molecule has 1 aliphatic heterocycles. The number of thioether (sulfide) groups is 1. The van der Waals surface area contributed by atoms with Crippen LogP contribution in [-0.2, 0) is 0 Å². The smallest absolute Gasteiger partial charge is 0.144 e. The highest BCUT2D eigenvalue weighted by Gasteiger charge is 2.14. The van der Waals surface area contributed by atoms with E-state index in [4.69, 9.17) is 0 Å². The molecular weight excluding hydrogens is 202 g/mol. The van der Waals surface area contributed by atoms with E-state index in [1.807, 2.05) is 6.20 Å². The van der Waals surface area contributed by atoms with Gasteiger partial charge in [0, 0.05) is 28.2 Å². The molecule has 0 atom stereocenters. The molecule has 0 amide bonds. The Hall–Kier alpha value is -0.680. The van der Waals surface area contributed by atoms with Gasteiger partial charge in [0.15, 0.2) is 0 Å². The molecule has 4 bridgehead atoms. The molecule has 1 aliphatic carbocycles. The van der Waals surface area contributed by atoms with Crippen molar-refractivity contribution in [3.05, 3.63) is 34.6 Å². The third kappa shape index (κ3) is 1.42. The maximum absolute atomic E-state index is 4.04. The lowest BCUT2D eigenvalue weighted by Gasteiger charge is -2.12. The second-order valence-corrected chi connectivity index (χ2v) is 4.87. The number of fused-ring (bicyclic) bond motifs is 3. The summed E-state index contributed by atoms with van der Waals surface area (Å²) in [6.07, 6.45) is 9.55. The lowest BCUT2D eigenvalue weighted by atomic mass is 10.2. The summed E-state index contributed by atoms with van der Waals surface area (Å²) in [5, 5.41) is 9.01. The van der Waals surface area contributed by atoms with E-state index in [0.717, 1.165) is 11.4 Å². The van der Waals surface area contributed by atoms with Gasteiger partial charge in [0.25, 0.3) is 0 Å². The van der Waals surface area contributed by atoms with Crippen LogP contribution in [0.25, 0.3) is 0 Å². The molecule has 0 saturated heterocycles. The van der Waals surface area contributed by atoms with Gasteiger partial charge in [-0.25, -0.2) is 0 Å². The van der Waals surface area contributed by atoms with Crippen molar-refractivity contribution in [2.24, 2.45) is 0 Å². The van der Waals surface area contributed by atoms with E-state index in [2.05, 4.69) is 28.9 Å². The van der Waals surface area contributed by atoms with Crippen molar-refractivity contribution in [1.82, 2.24) is 14.4 Å². The van der Waals surface area contributed by atoms with Crippen molar-refractivity contribution in [1.29, 1.82) is 0 Å². The molecule has 1 aromatic rings. The monoisotopic (exact) mass is 208 g/mol. The number of rotatable bonds is 0. The highest BCUT2D eigenvalue weighted by Crippen LogP contribution is 2.37. The molecule has 1 aromatic heterocycles. The standard InChI is InChI=1S/C8H6N3S2/c1-2-6-4-7(3-1)13-11-5-8(12-6)9-10-11/h2-5H,1H2. The number of nitrogens with zero attached hydrogens (tertiary/aromatic N) is 3. The zero-order valence-electron chi connectivity index (χ0n) is 6.67. The first-order valence-electron chi connectivity index (χ1n) is 3.94. The second kappa shape index (κ2) is 2.92. The summed E-state index contributed by atoms with van der Waals surface area (Å²) in [4.78, 5) is 2.53. The van der Waals surface area contributed by atoms with Gasteiger partial charge in [0.1, 0.15) is 5.03 Å². The van der Waals surface area contributed by atoms with Crippen molar-refractivity contribution in [3.63, 3.8) is 0 Å². The van der Waals surface area contributed by atoms with E-state index in [1.54, 1.807) is 27.8 Å². The van der Waals surface area contributed by atoms with Crippen LogP contribution in [0.15, 0.2) is 33.2 Å². The minimum absolute atomic E-state index is 0.968. The Balaban J connectivity index is 2.08. The first-order valence-corrected chi connectivity index (χ1v) is 5.53. The van der Waals surface area contributed by atoms with Crippen LogP contribution in [0, 0.1) is 6.42 Å². The van der Waals surface area contributed by atoms with Gasteiger partial charge in [-0.15, -0.1) is 5.10 Å². The van der Waals surface area contributed by atoms with Crippen LogP contribution < -0.4 is 0 Å². The summed E-state index contributed by atoms with van der Waals surface area (Å²) in [5.74, 6) is 0. The van der Waals surface area contributed by atoms with E-state index in [9.17, 15) is 0 Å². The van der Waals surface area contributed by atoms with Crippen LogP contribution in [0.2, 0.25) is 0 Å². The van der Waals surface area contributed by atoms with Gasteiger partial charge >= 0.3 is 0 Å². The molecule has 0 spiro atoms. The van der Waals surface area contributed by atoms with Gasteiger partial charge in [-0.1, -0.05) is 23.1 Å². The van der Waals surface area contributed by atoms with Crippen LogP contribution in [0.5, 0.6) is 0 Å². The maximum Gasteiger partial charge on any atom is 0.144 e. The van der Waals surface area contributed by atoms with Crippen molar-refractivity contribution >= 4 is 23.7 Å². The Morgan fingerprint density at radius 3 is 3.38 bits per heavy atom. The quantitative estimate of drug-likeness (QED) is 0.654. The largest absolute Gasteiger partial charge is 0.188 e. The molecule has 3 nitrogen and oxygen atoms in total.